The van der Waals surface area contributed by atoms with Crippen molar-refractivity contribution < 1.29 is 9.32 Å². The van der Waals surface area contributed by atoms with Crippen molar-refractivity contribution in [1.82, 2.24) is 10.1 Å². The number of fused-ring (bicyclic) bond motifs is 1. The van der Waals surface area contributed by atoms with Gasteiger partial charge in [0.05, 0.1) is 32.9 Å². The molecule has 1 N–H and O–H groups in total. The predicted octanol–water partition coefficient (Wildman–Crippen LogP) is 5.28. The number of hydrogen-bond acceptors (Lipinski definition) is 5. The van der Waals surface area contributed by atoms with E-state index in [2.05, 4.69) is 15.5 Å². The standard InChI is InChI=1S/C22H15ClN4O2/c1-12-3-5-14(6-4-12)19-10-17(20-13(2)27-29-22(20)26-19)21(28)25-16-8-7-15(11-24)18(23)9-16/h3-10H,1-2H3,(H,25,28). The Morgan fingerprint density at radius 1 is 1.14 bits per heavy atom. The molecule has 0 aliphatic rings. The summed E-state index contributed by atoms with van der Waals surface area (Å²) in [5, 5.41) is 16.6. The monoisotopic (exact) mass is 402 g/mol. The first kappa shape index (κ1) is 18.7. The van der Waals surface area contributed by atoms with Crippen LogP contribution in [0.1, 0.15) is 27.2 Å². The van der Waals surface area contributed by atoms with Gasteiger partial charge in [-0.15, -0.1) is 0 Å². The molecule has 2 heterocycles. The maximum absolute atomic E-state index is 13.1. The molecule has 29 heavy (non-hydrogen) atoms. The first-order chi connectivity index (χ1) is 14.0. The van der Waals surface area contributed by atoms with Gasteiger partial charge in [-0.3, -0.25) is 4.79 Å². The minimum absolute atomic E-state index is 0.270. The molecule has 0 unspecified atom stereocenters. The fourth-order valence-electron chi connectivity index (χ4n) is 3.03. The molecule has 0 aliphatic carbocycles. The molecular formula is C22H15ClN4O2. The van der Waals surface area contributed by atoms with Crippen molar-refractivity contribution in [3.05, 3.63) is 75.9 Å². The fourth-order valence-corrected chi connectivity index (χ4v) is 3.25. The van der Waals surface area contributed by atoms with Crippen LogP contribution in [0.3, 0.4) is 0 Å². The van der Waals surface area contributed by atoms with E-state index in [0.29, 0.717) is 39.3 Å². The number of aromatic nitrogens is 2. The molecule has 2 aromatic carbocycles. The Kier molecular flexibility index (Phi) is 4.75. The van der Waals surface area contributed by atoms with E-state index >= 15 is 0 Å². The topological polar surface area (TPSA) is 91.8 Å². The van der Waals surface area contributed by atoms with E-state index in [0.717, 1.165) is 11.1 Å². The second-order valence-electron chi connectivity index (χ2n) is 6.63. The number of halogens is 1. The second-order valence-corrected chi connectivity index (χ2v) is 7.04. The predicted molar refractivity (Wildman–Crippen MR) is 111 cm³/mol. The van der Waals surface area contributed by atoms with Crippen LogP contribution < -0.4 is 5.32 Å². The molecule has 0 saturated carbocycles. The zero-order valence-corrected chi connectivity index (χ0v) is 16.4. The highest BCUT2D eigenvalue weighted by Crippen LogP contribution is 2.28. The van der Waals surface area contributed by atoms with Crippen LogP contribution in [-0.2, 0) is 0 Å². The molecular weight excluding hydrogens is 388 g/mol. The normalized spacial score (nSPS) is 10.7. The number of nitriles is 1. The van der Waals surface area contributed by atoms with Crippen LogP contribution in [0.25, 0.3) is 22.4 Å². The maximum Gasteiger partial charge on any atom is 0.259 e. The molecule has 4 rings (SSSR count). The number of hydrogen-bond donors (Lipinski definition) is 1. The first-order valence-corrected chi connectivity index (χ1v) is 9.19. The summed E-state index contributed by atoms with van der Waals surface area (Å²) in [6, 6.07) is 16.3. The van der Waals surface area contributed by atoms with E-state index in [9.17, 15) is 4.79 Å². The number of carbonyl (C=O) groups excluding carboxylic acids is 1. The summed E-state index contributed by atoms with van der Waals surface area (Å²) in [4.78, 5) is 17.6. The molecule has 142 valence electrons. The maximum atomic E-state index is 13.1. The quantitative estimate of drug-likeness (QED) is 0.503. The summed E-state index contributed by atoms with van der Waals surface area (Å²) in [5.41, 5.74) is 4.68. The van der Waals surface area contributed by atoms with Crippen LogP contribution in [0.2, 0.25) is 5.02 Å². The number of pyridine rings is 1. The Morgan fingerprint density at radius 3 is 2.59 bits per heavy atom. The van der Waals surface area contributed by atoms with E-state index in [1.165, 1.54) is 6.07 Å². The number of amides is 1. The summed E-state index contributed by atoms with van der Waals surface area (Å²) in [6.45, 7) is 3.76. The van der Waals surface area contributed by atoms with Gasteiger partial charge >= 0.3 is 0 Å². The number of nitrogens with zero attached hydrogens (tertiary/aromatic N) is 3. The zero-order valence-electron chi connectivity index (χ0n) is 15.7. The second kappa shape index (κ2) is 7.38. The van der Waals surface area contributed by atoms with E-state index in [1.54, 1.807) is 25.1 Å². The minimum Gasteiger partial charge on any atom is -0.335 e. The molecule has 2 aromatic heterocycles. The number of nitrogens with one attached hydrogen (secondary N) is 1. The highest BCUT2D eigenvalue weighted by atomic mass is 35.5. The molecule has 4 aromatic rings. The van der Waals surface area contributed by atoms with Gasteiger partial charge in [0.1, 0.15) is 6.07 Å². The van der Waals surface area contributed by atoms with Crippen molar-refractivity contribution in [2.24, 2.45) is 0 Å². The Bertz CT molecular complexity index is 1290. The molecule has 0 fully saturated rings. The van der Waals surface area contributed by atoms with Crippen molar-refractivity contribution in [2.45, 2.75) is 13.8 Å². The fraction of sp³-hybridized carbons (Fsp3) is 0.0909. The molecule has 6 nitrogen and oxygen atoms in total. The molecule has 0 aliphatic heterocycles. The minimum atomic E-state index is -0.349. The van der Waals surface area contributed by atoms with Gasteiger partial charge in [-0.2, -0.15) is 5.26 Å². The average Bonchev–Trinajstić information content (AvgIpc) is 3.09. The third-order valence-electron chi connectivity index (χ3n) is 4.56. The molecule has 0 spiro atoms. The average molecular weight is 403 g/mol. The lowest BCUT2D eigenvalue weighted by molar-refractivity contribution is 0.102. The lowest BCUT2D eigenvalue weighted by Gasteiger charge is -2.09. The third-order valence-corrected chi connectivity index (χ3v) is 4.87. The number of benzene rings is 2. The van der Waals surface area contributed by atoms with Gasteiger partial charge in [-0.25, -0.2) is 4.98 Å². The van der Waals surface area contributed by atoms with Gasteiger partial charge in [0, 0.05) is 11.3 Å². The molecule has 0 radical (unpaired) electrons. The molecule has 0 saturated heterocycles. The summed E-state index contributed by atoms with van der Waals surface area (Å²) in [6.07, 6.45) is 0. The lowest BCUT2D eigenvalue weighted by atomic mass is 10.0. The Balaban J connectivity index is 1.78. The van der Waals surface area contributed by atoms with Crippen molar-refractivity contribution in [3.8, 4) is 17.3 Å². The Hall–Kier alpha value is -3.69. The van der Waals surface area contributed by atoms with Gasteiger partial charge in [-0.05, 0) is 38.1 Å². The smallest absolute Gasteiger partial charge is 0.259 e. The zero-order chi connectivity index (χ0) is 20.5. The summed E-state index contributed by atoms with van der Waals surface area (Å²) in [7, 11) is 0. The number of rotatable bonds is 3. The first-order valence-electron chi connectivity index (χ1n) is 8.81. The van der Waals surface area contributed by atoms with Crippen LogP contribution >= 0.6 is 11.6 Å². The molecule has 7 heteroatoms. The highest BCUT2D eigenvalue weighted by molar-refractivity contribution is 6.32. The SMILES string of the molecule is Cc1ccc(-c2cc(C(=O)Nc3ccc(C#N)c(Cl)c3)c3c(C)noc3n2)cc1. The highest BCUT2D eigenvalue weighted by Gasteiger charge is 2.20. The van der Waals surface area contributed by atoms with Gasteiger partial charge in [0.25, 0.3) is 11.6 Å². The Morgan fingerprint density at radius 2 is 1.90 bits per heavy atom. The van der Waals surface area contributed by atoms with E-state index in [4.69, 9.17) is 21.4 Å². The number of aryl methyl sites for hydroxylation is 2. The summed E-state index contributed by atoms with van der Waals surface area (Å²) < 4.78 is 5.33. The lowest BCUT2D eigenvalue weighted by Crippen LogP contribution is -2.13. The van der Waals surface area contributed by atoms with Gasteiger partial charge in [-0.1, -0.05) is 46.6 Å². The Labute approximate surface area is 171 Å². The van der Waals surface area contributed by atoms with Gasteiger partial charge in [0.2, 0.25) is 0 Å². The molecule has 0 bridgehead atoms. The van der Waals surface area contributed by atoms with Crippen LogP contribution in [-0.4, -0.2) is 16.0 Å². The van der Waals surface area contributed by atoms with E-state index in [-0.39, 0.29) is 10.9 Å². The molecule has 1 amide bonds. The van der Waals surface area contributed by atoms with E-state index in [1.807, 2.05) is 37.3 Å². The third kappa shape index (κ3) is 3.56. The van der Waals surface area contributed by atoms with Crippen molar-refractivity contribution in [1.29, 1.82) is 5.26 Å². The largest absolute Gasteiger partial charge is 0.335 e. The number of anilines is 1. The van der Waals surface area contributed by atoms with Gasteiger partial charge < -0.3 is 9.84 Å². The van der Waals surface area contributed by atoms with Crippen molar-refractivity contribution in [3.63, 3.8) is 0 Å². The van der Waals surface area contributed by atoms with E-state index < -0.39 is 0 Å². The van der Waals surface area contributed by atoms with Gasteiger partial charge in [0.15, 0.2) is 0 Å². The van der Waals surface area contributed by atoms with Crippen molar-refractivity contribution in [2.75, 3.05) is 5.32 Å². The van der Waals surface area contributed by atoms with Crippen LogP contribution in [0, 0.1) is 25.2 Å². The van der Waals surface area contributed by atoms with Crippen LogP contribution in [0.4, 0.5) is 5.69 Å². The summed E-state index contributed by atoms with van der Waals surface area (Å²) >= 11 is 6.07. The van der Waals surface area contributed by atoms with Crippen LogP contribution in [0.15, 0.2) is 53.1 Å². The van der Waals surface area contributed by atoms with Crippen molar-refractivity contribution >= 4 is 34.3 Å². The summed E-state index contributed by atoms with van der Waals surface area (Å²) in [5.74, 6) is -0.349. The van der Waals surface area contributed by atoms with Crippen LogP contribution in [0.5, 0.6) is 0 Å². The number of carbonyl (C=O) groups is 1. The molecule has 0 atom stereocenters.